The number of nitrogens with zero attached hydrogens (tertiary/aromatic N) is 2. The van der Waals surface area contributed by atoms with Crippen LogP contribution in [-0.4, -0.2) is 28.6 Å². The maximum Gasteiger partial charge on any atom is 0.264 e. The fraction of sp³-hybridized carbons (Fsp3) is 0.400. The normalized spacial score (nSPS) is 10.5. The van der Waals surface area contributed by atoms with Crippen LogP contribution in [0.1, 0.15) is 35.1 Å². The Kier molecular flexibility index (Phi) is 6.27. The summed E-state index contributed by atoms with van der Waals surface area (Å²) in [5.74, 6) is 0.249. The molecule has 2 aromatic rings. The lowest BCUT2D eigenvalue weighted by atomic mass is 10.2. The van der Waals surface area contributed by atoms with Gasteiger partial charge in [-0.3, -0.25) is 4.79 Å². The van der Waals surface area contributed by atoms with E-state index in [4.69, 9.17) is 4.74 Å². The van der Waals surface area contributed by atoms with Crippen molar-refractivity contribution < 1.29 is 13.9 Å². The zero-order chi connectivity index (χ0) is 15.8. The minimum absolute atomic E-state index is 0.119. The van der Waals surface area contributed by atoms with Crippen LogP contribution in [0.5, 0.6) is 5.75 Å². The van der Waals surface area contributed by atoms with E-state index in [9.17, 15) is 9.18 Å². The van der Waals surface area contributed by atoms with Crippen molar-refractivity contribution >= 4 is 17.4 Å². The average molecular weight is 323 g/mol. The van der Waals surface area contributed by atoms with Crippen LogP contribution < -0.4 is 10.1 Å². The smallest absolute Gasteiger partial charge is 0.264 e. The summed E-state index contributed by atoms with van der Waals surface area (Å²) in [7, 11) is 0. The summed E-state index contributed by atoms with van der Waals surface area (Å²) in [5.41, 5.74) is 0.738. The lowest BCUT2D eigenvalue weighted by Gasteiger charge is -2.07. The Morgan fingerprint density at radius 3 is 2.82 bits per heavy atom. The van der Waals surface area contributed by atoms with Gasteiger partial charge in [0.05, 0.1) is 12.3 Å². The number of carbonyl (C=O) groups excluding carboxylic acids is 1. The summed E-state index contributed by atoms with van der Waals surface area (Å²) < 4.78 is 22.0. The van der Waals surface area contributed by atoms with Crippen LogP contribution in [0, 0.1) is 5.82 Å². The Morgan fingerprint density at radius 1 is 1.32 bits per heavy atom. The third-order valence-electron chi connectivity index (χ3n) is 3.04. The number of hydrogen-bond donors (Lipinski definition) is 1. The van der Waals surface area contributed by atoms with E-state index in [1.165, 1.54) is 12.1 Å². The first-order chi connectivity index (χ1) is 10.7. The Labute approximate surface area is 132 Å². The fourth-order valence-electron chi connectivity index (χ4n) is 1.84. The molecule has 1 amide bonds. The number of aromatic nitrogens is 2. The molecule has 1 N–H and O–H groups in total. The van der Waals surface area contributed by atoms with E-state index in [1.54, 1.807) is 12.1 Å². The van der Waals surface area contributed by atoms with Gasteiger partial charge in [0, 0.05) is 6.54 Å². The van der Waals surface area contributed by atoms with E-state index in [1.807, 2.05) is 6.92 Å². The molecule has 0 unspecified atom stereocenters. The Balaban J connectivity index is 1.61. The number of amides is 1. The maximum atomic E-state index is 12.7. The molecule has 0 radical (unpaired) electrons. The van der Waals surface area contributed by atoms with Crippen molar-refractivity contribution in [3.8, 4) is 5.75 Å². The number of ether oxygens (including phenoxy) is 1. The molecule has 0 aliphatic carbocycles. The van der Waals surface area contributed by atoms with Crippen LogP contribution >= 0.6 is 11.5 Å². The minimum Gasteiger partial charge on any atom is -0.494 e. The van der Waals surface area contributed by atoms with Crippen LogP contribution in [0.15, 0.2) is 24.3 Å². The summed E-state index contributed by atoms with van der Waals surface area (Å²) in [6.07, 6.45) is 2.31. The number of rotatable bonds is 8. The molecule has 0 aliphatic heterocycles. The highest BCUT2D eigenvalue weighted by Crippen LogP contribution is 2.12. The van der Waals surface area contributed by atoms with Crippen LogP contribution in [0.2, 0.25) is 0 Å². The van der Waals surface area contributed by atoms with Gasteiger partial charge in [0.25, 0.3) is 5.91 Å². The molecule has 2 rings (SSSR count). The number of carbonyl (C=O) groups is 1. The van der Waals surface area contributed by atoms with Crippen molar-refractivity contribution in [2.24, 2.45) is 0 Å². The molecule has 1 heterocycles. The number of nitrogens with one attached hydrogen (secondary N) is 1. The molecule has 0 fully saturated rings. The molecule has 0 atom stereocenters. The minimum atomic E-state index is -0.279. The molecular weight excluding hydrogens is 305 g/mol. The van der Waals surface area contributed by atoms with Crippen molar-refractivity contribution in [1.29, 1.82) is 0 Å². The van der Waals surface area contributed by atoms with E-state index >= 15 is 0 Å². The van der Waals surface area contributed by atoms with Crippen molar-refractivity contribution in [3.05, 3.63) is 40.7 Å². The first kappa shape index (κ1) is 16.4. The largest absolute Gasteiger partial charge is 0.494 e. The van der Waals surface area contributed by atoms with Crippen molar-refractivity contribution in [2.75, 3.05) is 13.2 Å². The SMILES string of the molecule is CCc1nnsc1C(=O)NCCCCOc1ccc(F)cc1. The molecule has 1 aromatic carbocycles. The van der Waals surface area contributed by atoms with Gasteiger partial charge in [0.1, 0.15) is 16.4 Å². The van der Waals surface area contributed by atoms with Crippen LogP contribution in [-0.2, 0) is 6.42 Å². The molecule has 0 saturated carbocycles. The predicted molar refractivity (Wildman–Crippen MR) is 82.7 cm³/mol. The second-order valence-electron chi connectivity index (χ2n) is 4.67. The molecule has 0 bridgehead atoms. The zero-order valence-corrected chi connectivity index (χ0v) is 13.2. The monoisotopic (exact) mass is 323 g/mol. The molecule has 5 nitrogen and oxygen atoms in total. The topological polar surface area (TPSA) is 64.1 Å². The number of aryl methyl sites for hydroxylation is 1. The van der Waals surface area contributed by atoms with Gasteiger partial charge in [-0.25, -0.2) is 4.39 Å². The highest BCUT2D eigenvalue weighted by atomic mass is 32.1. The van der Waals surface area contributed by atoms with Crippen LogP contribution in [0.25, 0.3) is 0 Å². The molecule has 118 valence electrons. The lowest BCUT2D eigenvalue weighted by Crippen LogP contribution is -2.24. The van der Waals surface area contributed by atoms with Gasteiger partial charge in [-0.1, -0.05) is 11.4 Å². The average Bonchev–Trinajstić information content (AvgIpc) is 3.01. The van der Waals surface area contributed by atoms with Crippen LogP contribution in [0.3, 0.4) is 0 Å². The Hall–Kier alpha value is -2.02. The standard InChI is InChI=1S/C15H18FN3O2S/c1-2-13-14(22-19-18-13)15(20)17-9-3-4-10-21-12-7-5-11(16)6-8-12/h5-8H,2-4,9-10H2,1H3,(H,17,20). The number of halogens is 1. The van der Waals surface area contributed by atoms with Gasteiger partial charge in [-0.15, -0.1) is 5.10 Å². The molecule has 0 spiro atoms. The molecular formula is C15H18FN3O2S. The van der Waals surface area contributed by atoms with E-state index in [-0.39, 0.29) is 11.7 Å². The highest BCUT2D eigenvalue weighted by molar-refractivity contribution is 7.08. The van der Waals surface area contributed by atoms with E-state index < -0.39 is 0 Å². The first-order valence-corrected chi connectivity index (χ1v) is 7.96. The molecule has 0 aliphatic rings. The van der Waals surface area contributed by atoms with Gasteiger partial charge in [-0.2, -0.15) is 0 Å². The third-order valence-corrected chi connectivity index (χ3v) is 3.80. The quantitative estimate of drug-likeness (QED) is 0.759. The summed E-state index contributed by atoms with van der Waals surface area (Å²) in [6, 6.07) is 5.92. The fourth-order valence-corrected chi connectivity index (χ4v) is 2.51. The number of benzene rings is 1. The van der Waals surface area contributed by atoms with Gasteiger partial charge in [-0.05, 0) is 55.1 Å². The summed E-state index contributed by atoms with van der Waals surface area (Å²) in [5, 5.41) is 6.77. The molecule has 0 saturated heterocycles. The molecule has 7 heteroatoms. The maximum absolute atomic E-state index is 12.7. The van der Waals surface area contributed by atoms with E-state index in [0.29, 0.717) is 30.2 Å². The summed E-state index contributed by atoms with van der Waals surface area (Å²) in [6.45, 7) is 3.05. The second-order valence-corrected chi connectivity index (χ2v) is 5.42. The van der Waals surface area contributed by atoms with Gasteiger partial charge >= 0.3 is 0 Å². The summed E-state index contributed by atoms with van der Waals surface area (Å²) >= 11 is 1.12. The molecule has 22 heavy (non-hydrogen) atoms. The first-order valence-electron chi connectivity index (χ1n) is 7.18. The third kappa shape index (κ3) is 4.77. The predicted octanol–water partition coefficient (Wildman–Crippen LogP) is 2.83. The van der Waals surface area contributed by atoms with E-state index in [2.05, 4.69) is 14.9 Å². The van der Waals surface area contributed by atoms with Gasteiger partial charge in [0.2, 0.25) is 0 Å². The highest BCUT2D eigenvalue weighted by Gasteiger charge is 2.13. The molecule has 1 aromatic heterocycles. The van der Waals surface area contributed by atoms with Gasteiger partial charge < -0.3 is 10.1 Å². The van der Waals surface area contributed by atoms with E-state index in [0.717, 1.165) is 30.1 Å². The zero-order valence-electron chi connectivity index (χ0n) is 12.3. The second kappa shape index (κ2) is 8.43. The number of unbranched alkanes of at least 4 members (excludes halogenated alkanes) is 1. The lowest BCUT2D eigenvalue weighted by molar-refractivity contribution is 0.0955. The summed E-state index contributed by atoms with van der Waals surface area (Å²) in [4.78, 5) is 12.5. The van der Waals surface area contributed by atoms with Gasteiger partial charge in [0.15, 0.2) is 0 Å². The Bertz CT molecular complexity index is 601. The number of hydrogen-bond acceptors (Lipinski definition) is 5. The van der Waals surface area contributed by atoms with Crippen molar-refractivity contribution in [1.82, 2.24) is 14.9 Å². The van der Waals surface area contributed by atoms with Crippen molar-refractivity contribution in [3.63, 3.8) is 0 Å². The van der Waals surface area contributed by atoms with Crippen molar-refractivity contribution in [2.45, 2.75) is 26.2 Å². The van der Waals surface area contributed by atoms with Crippen LogP contribution in [0.4, 0.5) is 4.39 Å². The Morgan fingerprint density at radius 2 is 2.09 bits per heavy atom.